The van der Waals surface area contributed by atoms with Gasteiger partial charge in [0.25, 0.3) is 5.56 Å². The first kappa shape index (κ1) is 9.53. The second-order valence-corrected chi connectivity index (χ2v) is 4.28. The molecule has 0 amide bonds. The Balaban J connectivity index is 2.00. The van der Waals surface area contributed by atoms with Crippen LogP contribution < -0.4 is 5.56 Å². The van der Waals surface area contributed by atoms with Crippen LogP contribution in [-0.4, -0.2) is 32.0 Å². The van der Waals surface area contributed by atoms with Crippen LogP contribution in [0, 0.1) is 0 Å². The lowest BCUT2D eigenvalue weighted by Crippen LogP contribution is -2.21. The highest BCUT2D eigenvalue weighted by molar-refractivity contribution is 5.83. The van der Waals surface area contributed by atoms with Crippen molar-refractivity contribution in [2.75, 3.05) is 0 Å². The number of aromatic carboxylic acids is 1. The van der Waals surface area contributed by atoms with E-state index in [4.69, 9.17) is 5.11 Å². The van der Waals surface area contributed by atoms with Crippen LogP contribution in [0.15, 0.2) is 4.79 Å². The summed E-state index contributed by atoms with van der Waals surface area (Å²) in [6.45, 7) is 1.20. The summed E-state index contributed by atoms with van der Waals surface area (Å²) in [5.41, 5.74) is 0.926. The molecule has 0 bridgehead atoms. The molecule has 1 saturated carbocycles. The van der Waals surface area contributed by atoms with Crippen LogP contribution in [-0.2, 0) is 13.1 Å². The number of carboxylic acid groups (broad SMARTS) is 1. The first-order valence-corrected chi connectivity index (χ1v) is 5.24. The van der Waals surface area contributed by atoms with Crippen molar-refractivity contribution >= 4 is 5.97 Å². The Morgan fingerprint density at radius 2 is 2.19 bits per heavy atom. The summed E-state index contributed by atoms with van der Waals surface area (Å²) in [6, 6.07) is 0.557. The predicted molar refractivity (Wildman–Crippen MR) is 54.1 cm³/mol. The minimum Gasteiger partial charge on any atom is -0.475 e. The van der Waals surface area contributed by atoms with E-state index in [9.17, 15) is 9.59 Å². The molecule has 1 fully saturated rings. The van der Waals surface area contributed by atoms with Gasteiger partial charge in [0.1, 0.15) is 0 Å². The molecule has 84 valence electrons. The molecule has 0 unspecified atom stereocenters. The topological polar surface area (TPSA) is 86.3 Å². The Morgan fingerprint density at radius 1 is 1.44 bits per heavy atom. The number of carbonyl (C=O) groups is 1. The van der Waals surface area contributed by atoms with Crippen molar-refractivity contribution < 1.29 is 9.90 Å². The van der Waals surface area contributed by atoms with E-state index in [2.05, 4.69) is 14.9 Å². The molecular formula is C10H11N3O3. The highest BCUT2D eigenvalue weighted by Crippen LogP contribution is 2.32. The summed E-state index contributed by atoms with van der Waals surface area (Å²) in [6.07, 6.45) is 2.33. The second-order valence-electron chi connectivity index (χ2n) is 4.28. The third-order valence-corrected chi connectivity index (χ3v) is 3.08. The molecule has 0 saturated heterocycles. The van der Waals surface area contributed by atoms with Crippen molar-refractivity contribution in [2.24, 2.45) is 0 Å². The van der Waals surface area contributed by atoms with Crippen molar-refractivity contribution in [3.8, 4) is 0 Å². The van der Waals surface area contributed by atoms with Gasteiger partial charge in [0.2, 0.25) is 5.82 Å². The number of carboxylic acids is 1. The predicted octanol–water partition coefficient (Wildman–Crippen LogP) is -0.0539. The standard InChI is InChI=1S/C10H11N3O3/c14-9-6-3-13(5-1-2-5)4-7(6)11-8(12-9)10(15)16/h5H,1-4H2,(H,15,16)(H,11,12,14). The number of rotatable bonds is 2. The van der Waals surface area contributed by atoms with Crippen molar-refractivity contribution in [3.05, 3.63) is 27.4 Å². The minimum atomic E-state index is -1.19. The lowest BCUT2D eigenvalue weighted by atomic mass is 10.3. The molecule has 1 aromatic rings. The Bertz CT molecular complexity index is 519. The monoisotopic (exact) mass is 221 g/mol. The first-order chi connectivity index (χ1) is 7.65. The Hall–Kier alpha value is -1.69. The SMILES string of the molecule is O=C(O)c1nc2c(c(=O)[nH]1)CN(C1CC1)C2. The number of H-pyrrole nitrogens is 1. The highest BCUT2D eigenvalue weighted by atomic mass is 16.4. The van der Waals surface area contributed by atoms with Gasteiger partial charge in [0.15, 0.2) is 0 Å². The van der Waals surface area contributed by atoms with E-state index in [1.807, 2.05) is 0 Å². The molecule has 2 heterocycles. The third-order valence-electron chi connectivity index (χ3n) is 3.08. The summed E-state index contributed by atoms with van der Waals surface area (Å²) in [4.78, 5) is 30.8. The average molecular weight is 221 g/mol. The number of hydrogen-bond acceptors (Lipinski definition) is 4. The van der Waals surface area contributed by atoms with Gasteiger partial charge >= 0.3 is 5.97 Å². The normalized spacial score (nSPS) is 19.8. The number of nitrogens with one attached hydrogen (secondary N) is 1. The molecule has 6 heteroatoms. The zero-order valence-corrected chi connectivity index (χ0v) is 8.56. The maximum atomic E-state index is 11.6. The molecule has 16 heavy (non-hydrogen) atoms. The van der Waals surface area contributed by atoms with Crippen LogP contribution in [0.2, 0.25) is 0 Å². The Kier molecular flexibility index (Phi) is 1.88. The molecule has 1 aromatic heterocycles. The molecule has 2 N–H and O–H groups in total. The van der Waals surface area contributed by atoms with Gasteiger partial charge in [-0.3, -0.25) is 9.69 Å². The first-order valence-electron chi connectivity index (χ1n) is 5.24. The Labute approximate surface area is 90.9 Å². The smallest absolute Gasteiger partial charge is 0.372 e. The van der Waals surface area contributed by atoms with E-state index in [1.54, 1.807) is 0 Å². The van der Waals surface area contributed by atoms with Gasteiger partial charge in [-0.15, -0.1) is 0 Å². The molecule has 1 aliphatic heterocycles. The number of nitrogens with zero attached hydrogens (tertiary/aromatic N) is 2. The summed E-state index contributed by atoms with van der Waals surface area (Å²) in [7, 11) is 0. The van der Waals surface area contributed by atoms with E-state index >= 15 is 0 Å². The van der Waals surface area contributed by atoms with Crippen LogP contribution >= 0.6 is 0 Å². The van der Waals surface area contributed by atoms with Crippen molar-refractivity contribution in [1.82, 2.24) is 14.9 Å². The van der Waals surface area contributed by atoms with Crippen molar-refractivity contribution in [1.29, 1.82) is 0 Å². The maximum absolute atomic E-state index is 11.6. The van der Waals surface area contributed by atoms with Gasteiger partial charge < -0.3 is 10.1 Å². The van der Waals surface area contributed by atoms with Gasteiger partial charge in [-0.25, -0.2) is 9.78 Å². The fourth-order valence-corrected chi connectivity index (χ4v) is 2.09. The largest absolute Gasteiger partial charge is 0.475 e. The summed E-state index contributed by atoms with van der Waals surface area (Å²) in [5, 5.41) is 8.78. The highest BCUT2D eigenvalue weighted by Gasteiger charge is 2.35. The van der Waals surface area contributed by atoms with E-state index in [0.29, 0.717) is 30.4 Å². The summed E-state index contributed by atoms with van der Waals surface area (Å²) >= 11 is 0. The average Bonchev–Trinajstić information content (AvgIpc) is 2.98. The zero-order chi connectivity index (χ0) is 11.3. The van der Waals surface area contributed by atoms with Gasteiger partial charge in [-0.2, -0.15) is 0 Å². The van der Waals surface area contributed by atoms with Crippen molar-refractivity contribution in [3.63, 3.8) is 0 Å². The molecule has 0 spiro atoms. The third kappa shape index (κ3) is 1.42. The minimum absolute atomic E-state index is 0.263. The molecular weight excluding hydrogens is 210 g/mol. The fraction of sp³-hybridized carbons (Fsp3) is 0.500. The molecule has 0 atom stereocenters. The zero-order valence-electron chi connectivity index (χ0n) is 8.56. The second kappa shape index (κ2) is 3.15. The van der Waals surface area contributed by atoms with Crippen LogP contribution in [0.3, 0.4) is 0 Å². The molecule has 0 radical (unpaired) electrons. The van der Waals surface area contributed by atoms with Crippen LogP contribution in [0.5, 0.6) is 0 Å². The summed E-state index contributed by atoms with van der Waals surface area (Å²) < 4.78 is 0. The fourth-order valence-electron chi connectivity index (χ4n) is 2.09. The van der Waals surface area contributed by atoms with Crippen LogP contribution in [0.25, 0.3) is 0 Å². The molecule has 3 rings (SSSR count). The van der Waals surface area contributed by atoms with Gasteiger partial charge in [-0.05, 0) is 12.8 Å². The van der Waals surface area contributed by atoms with Crippen LogP contribution in [0.1, 0.15) is 34.7 Å². The number of hydrogen-bond donors (Lipinski definition) is 2. The number of aromatic amines is 1. The van der Waals surface area contributed by atoms with Crippen molar-refractivity contribution in [2.45, 2.75) is 32.0 Å². The van der Waals surface area contributed by atoms with E-state index in [1.165, 1.54) is 0 Å². The van der Waals surface area contributed by atoms with E-state index in [0.717, 1.165) is 12.8 Å². The number of fused-ring (bicyclic) bond motifs is 1. The molecule has 6 nitrogen and oxygen atoms in total. The lowest BCUT2D eigenvalue weighted by molar-refractivity contribution is 0.0682. The van der Waals surface area contributed by atoms with E-state index < -0.39 is 5.97 Å². The lowest BCUT2D eigenvalue weighted by Gasteiger charge is -2.11. The molecule has 0 aromatic carbocycles. The molecule has 2 aliphatic rings. The Morgan fingerprint density at radius 3 is 2.81 bits per heavy atom. The van der Waals surface area contributed by atoms with Gasteiger partial charge in [0.05, 0.1) is 11.3 Å². The maximum Gasteiger partial charge on any atom is 0.372 e. The van der Waals surface area contributed by atoms with Gasteiger partial charge in [0, 0.05) is 19.1 Å². The number of aromatic nitrogens is 2. The quantitative estimate of drug-likeness (QED) is 0.731. The summed E-state index contributed by atoms with van der Waals surface area (Å²) in [5.74, 6) is -1.45. The molecule has 1 aliphatic carbocycles. The van der Waals surface area contributed by atoms with Crippen LogP contribution in [0.4, 0.5) is 0 Å². The van der Waals surface area contributed by atoms with E-state index in [-0.39, 0.29) is 11.4 Å². The van der Waals surface area contributed by atoms with Gasteiger partial charge in [-0.1, -0.05) is 0 Å².